The second kappa shape index (κ2) is 10.2. The van der Waals surface area contributed by atoms with Crippen LogP contribution in [0.25, 0.3) is 22.8 Å². The van der Waals surface area contributed by atoms with Crippen LogP contribution >= 0.6 is 0 Å². The van der Waals surface area contributed by atoms with Crippen molar-refractivity contribution in [1.29, 1.82) is 0 Å². The third-order valence-corrected chi connectivity index (χ3v) is 8.65. The van der Waals surface area contributed by atoms with Gasteiger partial charge in [-0.1, -0.05) is 37.4 Å². The van der Waals surface area contributed by atoms with Crippen LogP contribution in [0, 0.1) is 17.8 Å². The van der Waals surface area contributed by atoms with E-state index in [4.69, 9.17) is 19.5 Å². The topological polar surface area (TPSA) is 148 Å². The molecular weight excluding hydrogens is 496 g/mol. The highest BCUT2D eigenvalue weighted by Crippen LogP contribution is 2.37. The summed E-state index contributed by atoms with van der Waals surface area (Å²) in [6, 6.07) is 5.67. The Balaban J connectivity index is 1.53. The van der Waals surface area contributed by atoms with Crippen molar-refractivity contribution in [3.63, 3.8) is 0 Å². The molecule has 0 amide bonds. The van der Waals surface area contributed by atoms with E-state index < -0.39 is 11.4 Å². The predicted octanol–water partition coefficient (Wildman–Crippen LogP) is 4.25. The van der Waals surface area contributed by atoms with Crippen molar-refractivity contribution in [1.82, 2.24) is 34.6 Å². The third-order valence-electron chi connectivity index (χ3n) is 8.65. The average molecular weight is 533 g/mol. The number of hydrogen-bond donors (Lipinski definition) is 3. The normalized spacial score (nSPS) is 22.4. The van der Waals surface area contributed by atoms with Crippen molar-refractivity contribution in [2.45, 2.75) is 83.9 Å². The molecule has 0 radical (unpaired) electrons. The molecule has 2 saturated carbocycles. The van der Waals surface area contributed by atoms with E-state index in [1.165, 1.54) is 32.1 Å². The molecule has 6 rings (SSSR count). The smallest absolute Gasteiger partial charge is 0.376 e. The fourth-order valence-electron chi connectivity index (χ4n) is 5.93. The van der Waals surface area contributed by atoms with Crippen LogP contribution in [-0.2, 0) is 12.1 Å². The highest BCUT2D eigenvalue weighted by atomic mass is 16.5. The highest BCUT2D eigenvalue weighted by molar-refractivity contribution is 5.86. The van der Waals surface area contributed by atoms with Gasteiger partial charge in [-0.25, -0.2) is 19.7 Å². The van der Waals surface area contributed by atoms with Gasteiger partial charge in [0.15, 0.2) is 17.1 Å². The number of nitrogens with zero attached hydrogens (tertiary/aromatic N) is 6. The summed E-state index contributed by atoms with van der Waals surface area (Å²) in [7, 11) is 0. The summed E-state index contributed by atoms with van der Waals surface area (Å²) < 4.78 is 6.82. The van der Waals surface area contributed by atoms with Crippen molar-refractivity contribution >= 4 is 17.0 Å². The molecule has 1 unspecified atom stereocenters. The number of rotatable bonds is 8. The van der Waals surface area contributed by atoms with E-state index in [1.807, 2.05) is 12.1 Å². The van der Waals surface area contributed by atoms with Crippen LogP contribution in [0.4, 0.5) is 5.82 Å². The van der Waals surface area contributed by atoms with Crippen molar-refractivity contribution in [3.05, 3.63) is 46.5 Å². The second-order valence-corrected chi connectivity index (χ2v) is 11.6. The number of anilines is 1. The lowest BCUT2D eigenvalue weighted by molar-refractivity contribution is 0.0820. The van der Waals surface area contributed by atoms with Gasteiger partial charge in [0.1, 0.15) is 11.3 Å². The molecule has 0 spiro atoms. The Morgan fingerprint density at radius 3 is 2.62 bits per heavy atom. The molecule has 4 aromatic rings. The summed E-state index contributed by atoms with van der Waals surface area (Å²) >= 11 is 0. The average Bonchev–Trinajstić information content (AvgIpc) is 3.49. The summed E-state index contributed by atoms with van der Waals surface area (Å²) in [6.07, 6.45) is 9.86. The first-order valence-electron chi connectivity index (χ1n) is 14.0. The Hall–Kier alpha value is -3.60. The van der Waals surface area contributed by atoms with Gasteiger partial charge in [-0.15, -0.1) is 0 Å². The number of aromatic nitrogens is 7. The number of pyridine rings is 1. The second-order valence-electron chi connectivity index (χ2n) is 11.6. The summed E-state index contributed by atoms with van der Waals surface area (Å²) in [6.45, 7) is 6.90. The number of H-pyrrole nitrogens is 1. The number of imidazole rings is 1. The van der Waals surface area contributed by atoms with Crippen molar-refractivity contribution in [3.8, 4) is 11.6 Å². The Kier molecular flexibility index (Phi) is 6.70. The molecule has 4 aromatic heterocycles. The molecule has 206 valence electrons. The molecule has 2 atom stereocenters. The Labute approximate surface area is 226 Å². The van der Waals surface area contributed by atoms with E-state index in [9.17, 15) is 9.90 Å². The van der Waals surface area contributed by atoms with E-state index >= 15 is 0 Å². The van der Waals surface area contributed by atoms with Crippen molar-refractivity contribution in [2.75, 3.05) is 5.32 Å². The van der Waals surface area contributed by atoms with Crippen LogP contribution in [0.1, 0.15) is 77.2 Å². The number of fused-ring (bicyclic) bond motifs is 1. The largest absolute Gasteiger partial charge is 0.439 e. The van der Waals surface area contributed by atoms with Crippen LogP contribution in [0.5, 0.6) is 0 Å². The number of hydrogen-bond acceptors (Lipinski definition) is 9. The van der Waals surface area contributed by atoms with Gasteiger partial charge in [0.2, 0.25) is 11.6 Å². The Morgan fingerprint density at radius 1 is 1.18 bits per heavy atom. The molecule has 0 bridgehead atoms. The first-order valence-corrected chi connectivity index (χ1v) is 14.0. The van der Waals surface area contributed by atoms with Crippen LogP contribution in [-0.4, -0.2) is 45.8 Å². The van der Waals surface area contributed by atoms with Crippen molar-refractivity contribution < 1.29 is 9.63 Å². The minimum Gasteiger partial charge on any atom is -0.376 e. The lowest BCUT2D eigenvalue weighted by Gasteiger charge is -2.32. The molecule has 0 aliphatic heterocycles. The van der Waals surface area contributed by atoms with Crippen LogP contribution < -0.4 is 11.1 Å². The zero-order valence-corrected chi connectivity index (χ0v) is 22.7. The Morgan fingerprint density at radius 2 is 1.97 bits per heavy atom. The maximum absolute atomic E-state index is 11.9. The first-order chi connectivity index (χ1) is 18.8. The van der Waals surface area contributed by atoms with Gasteiger partial charge in [-0.3, -0.25) is 14.5 Å². The van der Waals surface area contributed by atoms with E-state index in [0.717, 1.165) is 24.3 Å². The van der Waals surface area contributed by atoms with E-state index in [2.05, 4.69) is 38.9 Å². The van der Waals surface area contributed by atoms with Gasteiger partial charge in [-0.2, -0.15) is 0 Å². The highest BCUT2D eigenvalue weighted by Gasteiger charge is 2.36. The minimum absolute atomic E-state index is 0.134. The monoisotopic (exact) mass is 532 g/mol. The number of aromatic amines is 1. The lowest BCUT2D eigenvalue weighted by atomic mass is 9.80. The van der Waals surface area contributed by atoms with Gasteiger partial charge >= 0.3 is 5.76 Å². The van der Waals surface area contributed by atoms with Gasteiger partial charge in [-0.05, 0) is 69.4 Å². The molecule has 2 fully saturated rings. The van der Waals surface area contributed by atoms with Crippen LogP contribution in [0.15, 0.2) is 33.7 Å². The van der Waals surface area contributed by atoms with Gasteiger partial charge in [0, 0.05) is 18.8 Å². The molecule has 39 heavy (non-hydrogen) atoms. The molecule has 3 N–H and O–H groups in total. The Bertz CT molecular complexity index is 1500. The number of nitrogens with one attached hydrogen (secondary N) is 2. The third kappa shape index (κ3) is 4.95. The summed E-state index contributed by atoms with van der Waals surface area (Å²) in [5.74, 6) is 2.46. The van der Waals surface area contributed by atoms with E-state index in [0.29, 0.717) is 41.4 Å². The predicted molar refractivity (Wildman–Crippen MR) is 146 cm³/mol. The first kappa shape index (κ1) is 25.7. The van der Waals surface area contributed by atoms with E-state index in [1.54, 1.807) is 19.2 Å². The van der Waals surface area contributed by atoms with Crippen LogP contribution in [0.2, 0.25) is 0 Å². The summed E-state index contributed by atoms with van der Waals surface area (Å²) in [5.41, 5.74) is 0.191. The van der Waals surface area contributed by atoms with Crippen molar-refractivity contribution in [2.24, 2.45) is 17.8 Å². The van der Waals surface area contributed by atoms with Gasteiger partial charge < -0.3 is 15.0 Å². The maximum atomic E-state index is 11.9. The maximum Gasteiger partial charge on any atom is 0.439 e. The van der Waals surface area contributed by atoms with Crippen LogP contribution in [0.3, 0.4) is 0 Å². The zero-order chi connectivity index (χ0) is 27.1. The summed E-state index contributed by atoms with van der Waals surface area (Å²) in [5, 5.41) is 19.4. The fourth-order valence-corrected chi connectivity index (χ4v) is 5.93. The fraction of sp³-hybridized carbons (Fsp3) is 0.571. The molecule has 0 saturated heterocycles. The quantitative estimate of drug-likeness (QED) is 0.303. The molecule has 2 aliphatic rings. The summed E-state index contributed by atoms with van der Waals surface area (Å²) in [4.78, 5) is 33.1. The van der Waals surface area contributed by atoms with Gasteiger partial charge in [0.05, 0.1) is 5.69 Å². The molecule has 2 aliphatic carbocycles. The minimum atomic E-state index is -1.47. The molecule has 11 nitrogen and oxygen atoms in total. The molecule has 0 aromatic carbocycles. The standard InChI is InChI=1S/C28H36N8O3/c1-16-10-12-18(13-11-16)15-36-21-22(30-17(2)19-7-6-8-19)31-24(25-34-27(37)39-35-25)32-23(21)33-26(36)28(3,38)20-9-4-5-14-29-20/h4-5,9,14,16-19,38H,6-8,10-13,15H2,1-3H3,(H,30,31,32)(H,34,35,37)/t16?,17-,18?,28?/m1/s1. The van der Waals surface area contributed by atoms with Gasteiger partial charge in [0.25, 0.3) is 0 Å². The zero-order valence-electron chi connectivity index (χ0n) is 22.7. The molecule has 4 heterocycles. The SMILES string of the molecule is CC1CCC(Cn2c(C(C)(O)c3ccccn3)nc3nc(-c4noc(=O)[nH]4)nc(N[C@H](C)C4CCC4)c32)CC1. The van der Waals surface area contributed by atoms with E-state index in [-0.39, 0.29) is 17.7 Å². The molecule has 11 heteroatoms. The molecular formula is C28H36N8O3. The number of aliphatic hydroxyl groups is 1. The lowest BCUT2D eigenvalue weighted by Crippen LogP contribution is -2.32.